The maximum absolute atomic E-state index is 12.7. The summed E-state index contributed by atoms with van der Waals surface area (Å²) in [5, 5.41) is 10.5. The lowest BCUT2D eigenvalue weighted by molar-refractivity contribution is 0.0650. The smallest absolute Gasteiger partial charge is 0.256 e. The summed E-state index contributed by atoms with van der Waals surface area (Å²) >= 11 is 0. The molecule has 3 rings (SSSR count). The van der Waals surface area contributed by atoms with Crippen LogP contribution in [-0.2, 0) is 0 Å². The zero-order chi connectivity index (χ0) is 13.4. The Hall–Kier alpha value is -1.81. The molecule has 1 amide bonds. The Morgan fingerprint density at radius 2 is 2.32 bits per heavy atom. The van der Waals surface area contributed by atoms with E-state index in [9.17, 15) is 9.90 Å². The van der Waals surface area contributed by atoms with Crippen LogP contribution in [0.2, 0.25) is 0 Å². The third kappa shape index (κ3) is 1.92. The van der Waals surface area contributed by atoms with Gasteiger partial charge in [-0.25, -0.2) is 0 Å². The minimum absolute atomic E-state index is 0.0106. The number of benzene rings is 1. The molecule has 19 heavy (non-hydrogen) atoms. The van der Waals surface area contributed by atoms with Crippen LogP contribution in [0.5, 0.6) is 0 Å². The molecule has 2 unspecified atom stereocenters. The molecule has 1 aromatic carbocycles. The number of hydrogen-bond donors (Lipinski definition) is 2. The van der Waals surface area contributed by atoms with Gasteiger partial charge in [-0.2, -0.15) is 0 Å². The van der Waals surface area contributed by atoms with E-state index in [0.717, 1.165) is 23.9 Å². The van der Waals surface area contributed by atoms with Gasteiger partial charge in [0.2, 0.25) is 0 Å². The number of carbonyl (C=O) groups excluding carboxylic acids is 1. The Kier molecular flexibility index (Phi) is 3.03. The number of nitrogens with one attached hydrogen (secondary N) is 1. The fraction of sp³-hybridized carbons (Fsp3) is 0.400. The van der Waals surface area contributed by atoms with Gasteiger partial charge in [0.15, 0.2) is 0 Å². The van der Waals surface area contributed by atoms with Crippen LogP contribution < -0.4 is 0 Å². The largest absolute Gasteiger partial charge is 0.394 e. The summed E-state index contributed by atoms with van der Waals surface area (Å²) in [4.78, 5) is 17.6. The quantitative estimate of drug-likeness (QED) is 0.865. The average molecular weight is 258 g/mol. The van der Waals surface area contributed by atoms with Crippen molar-refractivity contribution in [3.05, 3.63) is 36.0 Å². The van der Waals surface area contributed by atoms with E-state index >= 15 is 0 Å². The van der Waals surface area contributed by atoms with Crippen molar-refractivity contribution in [2.45, 2.75) is 19.4 Å². The molecule has 0 radical (unpaired) electrons. The average Bonchev–Trinajstić information content (AvgIpc) is 3.03. The van der Waals surface area contributed by atoms with Crippen molar-refractivity contribution in [3.63, 3.8) is 0 Å². The fourth-order valence-corrected chi connectivity index (χ4v) is 2.96. The Labute approximate surface area is 112 Å². The van der Waals surface area contributed by atoms with Crippen molar-refractivity contribution >= 4 is 16.8 Å². The predicted octanol–water partition coefficient (Wildman–Crippen LogP) is 2.01. The first-order valence-electron chi connectivity index (χ1n) is 6.70. The molecule has 1 aromatic heterocycles. The van der Waals surface area contributed by atoms with Crippen molar-refractivity contribution in [3.8, 4) is 0 Å². The molecule has 1 aliphatic rings. The summed E-state index contributed by atoms with van der Waals surface area (Å²) in [6, 6.07) is 7.63. The van der Waals surface area contributed by atoms with Gasteiger partial charge in [-0.3, -0.25) is 4.79 Å². The number of hydrogen-bond acceptors (Lipinski definition) is 2. The zero-order valence-electron chi connectivity index (χ0n) is 11.0. The molecule has 0 saturated carbocycles. The number of aromatic amines is 1. The lowest BCUT2D eigenvalue weighted by atomic mass is 10.0. The first-order chi connectivity index (χ1) is 9.22. The third-order valence-corrected chi connectivity index (χ3v) is 4.15. The van der Waals surface area contributed by atoms with Crippen LogP contribution in [-0.4, -0.2) is 40.1 Å². The van der Waals surface area contributed by atoms with Crippen LogP contribution in [0.1, 0.15) is 23.7 Å². The van der Waals surface area contributed by atoms with Gasteiger partial charge in [0.1, 0.15) is 0 Å². The summed E-state index contributed by atoms with van der Waals surface area (Å²) in [5.41, 5.74) is 1.57. The number of likely N-dealkylation sites (tertiary alicyclic amines) is 1. The molecule has 1 fully saturated rings. The van der Waals surface area contributed by atoms with E-state index in [1.165, 1.54) is 0 Å². The second kappa shape index (κ2) is 4.70. The Balaban J connectivity index is 1.98. The second-order valence-electron chi connectivity index (χ2n) is 5.26. The maximum atomic E-state index is 12.7. The third-order valence-electron chi connectivity index (χ3n) is 4.15. The van der Waals surface area contributed by atoms with E-state index in [1.807, 2.05) is 30.5 Å². The van der Waals surface area contributed by atoms with Gasteiger partial charge in [-0.1, -0.05) is 19.1 Å². The fourth-order valence-electron chi connectivity index (χ4n) is 2.96. The van der Waals surface area contributed by atoms with E-state index in [4.69, 9.17) is 0 Å². The summed E-state index contributed by atoms with van der Waals surface area (Å²) < 4.78 is 0. The molecule has 2 N–H and O–H groups in total. The highest BCUT2D eigenvalue weighted by molar-refractivity contribution is 6.05. The van der Waals surface area contributed by atoms with Crippen LogP contribution in [0, 0.1) is 5.92 Å². The van der Waals surface area contributed by atoms with Gasteiger partial charge in [0.05, 0.1) is 23.7 Å². The van der Waals surface area contributed by atoms with Crippen LogP contribution in [0.25, 0.3) is 10.9 Å². The SMILES string of the molecule is CC1CCN(C(=O)c2cccc3cc[nH]c23)C1CO. The Bertz CT molecular complexity index is 605. The molecule has 2 aromatic rings. The number of para-hydroxylation sites is 1. The number of nitrogens with zero attached hydrogens (tertiary/aromatic N) is 1. The molecule has 0 aliphatic carbocycles. The molecule has 4 nitrogen and oxygen atoms in total. The van der Waals surface area contributed by atoms with Crippen LogP contribution in [0.3, 0.4) is 0 Å². The molecule has 2 heterocycles. The number of fused-ring (bicyclic) bond motifs is 1. The first-order valence-corrected chi connectivity index (χ1v) is 6.70. The van der Waals surface area contributed by atoms with E-state index in [1.54, 1.807) is 4.90 Å². The second-order valence-corrected chi connectivity index (χ2v) is 5.26. The van der Waals surface area contributed by atoms with Gasteiger partial charge < -0.3 is 15.0 Å². The predicted molar refractivity (Wildman–Crippen MR) is 74.0 cm³/mol. The molecular weight excluding hydrogens is 240 g/mol. The van der Waals surface area contributed by atoms with Gasteiger partial charge >= 0.3 is 0 Å². The molecule has 100 valence electrons. The van der Waals surface area contributed by atoms with Crippen LogP contribution in [0.15, 0.2) is 30.5 Å². The molecule has 4 heteroatoms. The maximum Gasteiger partial charge on any atom is 0.256 e. The van der Waals surface area contributed by atoms with Gasteiger partial charge in [0.25, 0.3) is 5.91 Å². The van der Waals surface area contributed by atoms with Gasteiger partial charge in [-0.15, -0.1) is 0 Å². The van der Waals surface area contributed by atoms with Crippen molar-refractivity contribution in [1.29, 1.82) is 0 Å². The minimum atomic E-state index is -0.0577. The summed E-state index contributed by atoms with van der Waals surface area (Å²) in [6.07, 6.45) is 2.80. The molecule has 0 bridgehead atoms. The highest BCUT2D eigenvalue weighted by atomic mass is 16.3. The van der Waals surface area contributed by atoms with Crippen molar-refractivity contribution < 1.29 is 9.90 Å². The standard InChI is InChI=1S/C15H18N2O2/c1-10-6-8-17(13(10)9-18)15(19)12-4-2-3-11-5-7-16-14(11)12/h2-5,7,10,13,16,18H,6,8-9H2,1H3. The summed E-state index contributed by atoms with van der Waals surface area (Å²) in [5.74, 6) is 0.369. The molecule has 2 atom stereocenters. The highest BCUT2D eigenvalue weighted by Gasteiger charge is 2.34. The van der Waals surface area contributed by atoms with E-state index in [0.29, 0.717) is 11.5 Å². The number of aliphatic hydroxyl groups excluding tert-OH is 1. The van der Waals surface area contributed by atoms with Crippen LogP contribution >= 0.6 is 0 Å². The molecule has 1 aliphatic heterocycles. The summed E-state index contributed by atoms with van der Waals surface area (Å²) in [6.45, 7) is 2.85. The number of carbonyl (C=O) groups is 1. The van der Waals surface area contributed by atoms with Crippen molar-refractivity contribution in [2.24, 2.45) is 5.92 Å². The number of aromatic nitrogens is 1. The lowest BCUT2D eigenvalue weighted by Crippen LogP contribution is -2.39. The van der Waals surface area contributed by atoms with Gasteiger partial charge in [0, 0.05) is 18.1 Å². The number of amides is 1. The van der Waals surface area contributed by atoms with E-state index in [-0.39, 0.29) is 18.6 Å². The Morgan fingerprint density at radius 1 is 1.47 bits per heavy atom. The molecule has 1 saturated heterocycles. The van der Waals surface area contributed by atoms with E-state index < -0.39 is 0 Å². The normalized spacial score (nSPS) is 23.2. The number of rotatable bonds is 2. The summed E-state index contributed by atoms with van der Waals surface area (Å²) in [7, 11) is 0. The zero-order valence-corrected chi connectivity index (χ0v) is 11.0. The van der Waals surface area contributed by atoms with Crippen LogP contribution in [0.4, 0.5) is 0 Å². The topological polar surface area (TPSA) is 56.3 Å². The van der Waals surface area contributed by atoms with Crippen molar-refractivity contribution in [2.75, 3.05) is 13.2 Å². The number of H-pyrrole nitrogens is 1. The Morgan fingerprint density at radius 3 is 3.11 bits per heavy atom. The lowest BCUT2D eigenvalue weighted by Gasteiger charge is -2.25. The van der Waals surface area contributed by atoms with Crippen molar-refractivity contribution in [1.82, 2.24) is 9.88 Å². The number of aliphatic hydroxyl groups is 1. The van der Waals surface area contributed by atoms with E-state index in [2.05, 4.69) is 11.9 Å². The molecular formula is C15H18N2O2. The highest BCUT2D eigenvalue weighted by Crippen LogP contribution is 2.27. The molecule has 0 spiro atoms. The first kappa shape index (κ1) is 12.2. The van der Waals surface area contributed by atoms with Gasteiger partial charge in [-0.05, 0) is 24.5 Å². The minimum Gasteiger partial charge on any atom is -0.394 e. The monoisotopic (exact) mass is 258 g/mol.